The van der Waals surface area contributed by atoms with Gasteiger partial charge in [-0.15, -0.1) is 11.3 Å². The van der Waals surface area contributed by atoms with Gasteiger partial charge in [0.25, 0.3) is 0 Å². The molecule has 0 spiro atoms. The lowest BCUT2D eigenvalue weighted by atomic mass is 9.93. The molecule has 1 N–H and O–H groups in total. The second-order valence-corrected chi connectivity index (χ2v) is 6.72. The molecule has 108 valence electrons. The standard InChI is InChI=1S/C15H22N4S/c1-10-4-6-19(11(2)8-10)9-13-17-14(16-3)12-5-7-20-15(12)18-13/h5,7,10-11H,4,6,8-9H2,1-3H3,(H,16,17,18). The van der Waals surface area contributed by atoms with Crippen LogP contribution in [-0.4, -0.2) is 34.5 Å². The Kier molecular flexibility index (Phi) is 3.89. The second kappa shape index (κ2) is 5.66. The van der Waals surface area contributed by atoms with E-state index in [-0.39, 0.29) is 0 Å². The highest BCUT2D eigenvalue weighted by atomic mass is 32.1. The molecule has 2 aromatic heterocycles. The van der Waals surface area contributed by atoms with Gasteiger partial charge < -0.3 is 5.32 Å². The van der Waals surface area contributed by atoms with Crippen LogP contribution in [0.1, 0.15) is 32.5 Å². The summed E-state index contributed by atoms with van der Waals surface area (Å²) in [6.45, 7) is 6.68. The molecule has 1 aliphatic heterocycles. The van der Waals surface area contributed by atoms with Crippen molar-refractivity contribution in [1.29, 1.82) is 0 Å². The van der Waals surface area contributed by atoms with Gasteiger partial charge in [-0.25, -0.2) is 9.97 Å². The van der Waals surface area contributed by atoms with Gasteiger partial charge in [-0.1, -0.05) is 6.92 Å². The van der Waals surface area contributed by atoms with Crippen molar-refractivity contribution in [2.45, 2.75) is 39.3 Å². The summed E-state index contributed by atoms with van der Waals surface area (Å²) in [5.41, 5.74) is 0. The van der Waals surface area contributed by atoms with E-state index in [9.17, 15) is 0 Å². The Morgan fingerprint density at radius 1 is 1.40 bits per heavy atom. The largest absolute Gasteiger partial charge is 0.372 e. The van der Waals surface area contributed by atoms with Gasteiger partial charge in [0.2, 0.25) is 0 Å². The molecule has 5 heteroatoms. The predicted molar refractivity (Wildman–Crippen MR) is 85.2 cm³/mol. The fourth-order valence-corrected chi connectivity index (χ4v) is 3.82. The number of aromatic nitrogens is 2. The van der Waals surface area contributed by atoms with E-state index in [4.69, 9.17) is 4.98 Å². The smallest absolute Gasteiger partial charge is 0.146 e. The number of hydrogen-bond acceptors (Lipinski definition) is 5. The van der Waals surface area contributed by atoms with Crippen LogP contribution in [0.25, 0.3) is 10.2 Å². The van der Waals surface area contributed by atoms with Crippen molar-refractivity contribution in [3.63, 3.8) is 0 Å². The van der Waals surface area contributed by atoms with Crippen LogP contribution in [0.2, 0.25) is 0 Å². The summed E-state index contributed by atoms with van der Waals surface area (Å²) in [6.07, 6.45) is 2.56. The predicted octanol–water partition coefficient (Wildman–Crippen LogP) is 3.35. The maximum atomic E-state index is 4.72. The molecule has 4 nitrogen and oxygen atoms in total. The molecule has 20 heavy (non-hydrogen) atoms. The molecular formula is C15H22N4S. The molecule has 2 atom stereocenters. The van der Waals surface area contributed by atoms with Crippen LogP contribution in [0.3, 0.4) is 0 Å². The van der Waals surface area contributed by atoms with E-state index < -0.39 is 0 Å². The van der Waals surface area contributed by atoms with Gasteiger partial charge in [0.1, 0.15) is 16.5 Å². The van der Waals surface area contributed by atoms with Crippen molar-refractivity contribution in [2.24, 2.45) is 5.92 Å². The van der Waals surface area contributed by atoms with E-state index in [0.717, 1.165) is 40.9 Å². The molecular weight excluding hydrogens is 268 g/mol. The third-order valence-corrected chi connectivity index (χ3v) is 5.04. The third kappa shape index (κ3) is 2.65. The highest BCUT2D eigenvalue weighted by Gasteiger charge is 2.23. The summed E-state index contributed by atoms with van der Waals surface area (Å²) >= 11 is 1.68. The van der Waals surface area contributed by atoms with Crippen LogP contribution < -0.4 is 5.32 Å². The van der Waals surface area contributed by atoms with Crippen molar-refractivity contribution in [3.05, 3.63) is 17.3 Å². The number of fused-ring (bicyclic) bond motifs is 1. The quantitative estimate of drug-likeness (QED) is 0.941. The second-order valence-electron chi connectivity index (χ2n) is 5.83. The van der Waals surface area contributed by atoms with Crippen LogP contribution in [0.4, 0.5) is 5.82 Å². The van der Waals surface area contributed by atoms with E-state index in [0.29, 0.717) is 6.04 Å². The summed E-state index contributed by atoms with van der Waals surface area (Å²) in [5, 5.41) is 6.39. The summed E-state index contributed by atoms with van der Waals surface area (Å²) in [7, 11) is 1.93. The van der Waals surface area contributed by atoms with Crippen molar-refractivity contribution >= 4 is 27.4 Å². The molecule has 0 bridgehead atoms. The Morgan fingerprint density at radius 2 is 2.25 bits per heavy atom. The first-order valence-electron chi connectivity index (χ1n) is 7.33. The van der Waals surface area contributed by atoms with Crippen molar-refractivity contribution < 1.29 is 0 Å². The highest BCUT2D eigenvalue weighted by Crippen LogP contribution is 2.27. The highest BCUT2D eigenvalue weighted by molar-refractivity contribution is 7.16. The minimum atomic E-state index is 0.624. The van der Waals surface area contributed by atoms with Gasteiger partial charge >= 0.3 is 0 Å². The van der Waals surface area contributed by atoms with E-state index in [1.165, 1.54) is 12.8 Å². The summed E-state index contributed by atoms with van der Waals surface area (Å²) in [4.78, 5) is 13.0. The number of likely N-dealkylation sites (tertiary alicyclic amines) is 1. The van der Waals surface area contributed by atoms with Gasteiger partial charge in [-0.05, 0) is 43.7 Å². The Balaban J connectivity index is 1.83. The number of anilines is 1. The monoisotopic (exact) mass is 290 g/mol. The number of thiophene rings is 1. The van der Waals surface area contributed by atoms with Crippen LogP contribution in [0.15, 0.2) is 11.4 Å². The maximum Gasteiger partial charge on any atom is 0.146 e. The number of rotatable bonds is 3. The van der Waals surface area contributed by atoms with Gasteiger partial charge in [-0.2, -0.15) is 0 Å². The molecule has 0 aliphatic carbocycles. The fraction of sp³-hybridized carbons (Fsp3) is 0.600. The molecule has 0 saturated carbocycles. The first kappa shape index (κ1) is 13.8. The number of piperidine rings is 1. The lowest BCUT2D eigenvalue weighted by Gasteiger charge is -2.35. The lowest BCUT2D eigenvalue weighted by Crippen LogP contribution is -2.39. The Morgan fingerprint density at radius 3 is 3.00 bits per heavy atom. The van der Waals surface area contributed by atoms with Gasteiger partial charge in [0.15, 0.2) is 0 Å². The average molecular weight is 290 g/mol. The zero-order valence-corrected chi connectivity index (χ0v) is 13.2. The van der Waals surface area contributed by atoms with Crippen LogP contribution in [0, 0.1) is 5.92 Å². The van der Waals surface area contributed by atoms with Gasteiger partial charge in [-0.3, -0.25) is 4.90 Å². The zero-order chi connectivity index (χ0) is 14.1. The zero-order valence-electron chi connectivity index (χ0n) is 12.4. The minimum absolute atomic E-state index is 0.624. The Labute approximate surface area is 124 Å². The van der Waals surface area contributed by atoms with Gasteiger partial charge in [0, 0.05) is 13.1 Å². The SMILES string of the molecule is CNc1nc(CN2CCC(C)CC2C)nc2sccc12. The lowest BCUT2D eigenvalue weighted by molar-refractivity contribution is 0.119. The van der Waals surface area contributed by atoms with Crippen molar-refractivity contribution in [1.82, 2.24) is 14.9 Å². The molecule has 0 amide bonds. The third-order valence-electron chi connectivity index (χ3n) is 4.23. The number of nitrogens with one attached hydrogen (secondary N) is 1. The van der Waals surface area contributed by atoms with Crippen molar-refractivity contribution in [2.75, 3.05) is 18.9 Å². The molecule has 2 aromatic rings. The summed E-state index contributed by atoms with van der Waals surface area (Å²) in [6, 6.07) is 2.71. The number of hydrogen-bond donors (Lipinski definition) is 1. The molecule has 3 heterocycles. The molecule has 2 unspecified atom stereocenters. The molecule has 0 radical (unpaired) electrons. The summed E-state index contributed by atoms with van der Waals surface area (Å²) in [5.74, 6) is 2.73. The fourth-order valence-electron chi connectivity index (χ4n) is 3.03. The normalized spacial score (nSPS) is 24.1. The van der Waals surface area contributed by atoms with E-state index in [2.05, 4.69) is 40.5 Å². The molecule has 0 aromatic carbocycles. The molecule has 1 saturated heterocycles. The Bertz CT molecular complexity index is 595. The Hall–Kier alpha value is -1.20. The van der Waals surface area contributed by atoms with Crippen LogP contribution in [-0.2, 0) is 6.54 Å². The van der Waals surface area contributed by atoms with Gasteiger partial charge in [0.05, 0.1) is 11.9 Å². The minimum Gasteiger partial charge on any atom is -0.372 e. The molecule has 3 rings (SSSR count). The topological polar surface area (TPSA) is 41.1 Å². The van der Waals surface area contributed by atoms with E-state index >= 15 is 0 Å². The van der Waals surface area contributed by atoms with Crippen LogP contribution >= 0.6 is 11.3 Å². The van der Waals surface area contributed by atoms with E-state index in [1.807, 2.05) is 7.05 Å². The first-order chi connectivity index (χ1) is 9.67. The first-order valence-corrected chi connectivity index (χ1v) is 8.21. The molecule has 1 aliphatic rings. The van der Waals surface area contributed by atoms with Crippen molar-refractivity contribution in [3.8, 4) is 0 Å². The maximum absolute atomic E-state index is 4.72. The number of nitrogens with zero attached hydrogens (tertiary/aromatic N) is 3. The van der Waals surface area contributed by atoms with E-state index in [1.54, 1.807) is 11.3 Å². The molecule has 1 fully saturated rings. The summed E-state index contributed by atoms with van der Waals surface area (Å²) < 4.78 is 0. The average Bonchev–Trinajstić information content (AvgIpc) is 2.89. The van der Waals surface area contributed by atoms with Crippen LogP contribution in [0.5, 0.6) is 0 Å².